The number of rotatable bonds is 4. The van der Waals surface area contributed by atoms with E-state index in [4.69, 9.17) is 9.97 Å². The number of hydrogen-bond donors (Lipinski definition) is 0. The van der Waals surface area contributed by atoms with Gasteiger partial charge >= 0.3 is 0 Å². The third-order valence-corrected chi connectivity index (χ3v) is 5.23. The third-order valence-electron chi connectivity index (χ3n) is 5.23. The van der Waals surface area contributed by atoms with Gasteiger partial charge in [-0.15, -0.1) is 0 Å². The summed E-state index contributed by atoms with van der Waals surface area (Å²) < 4.78 is 0. The summed E-state index contributed by atoms with van der Waals surface area (Å²) in [5, 5.41) is 3.89. The molecular weight excluding hydrogens is 344 g/mol. The quantitative estimate of drug-likeness (QED) is 0.430. The van der Waals surface area contributed by atoms with Crippen molar-refractivity contribution in [2.75, 3.05) is 0 Å². The molecule has 0 fully saturated rings. The van der Waals surface area contributed by atoms with Crippen LogP contribution in [0.15, 0.2) is 48.5 Å². The van der Waals surface area contributed by atoms with Crippen molar-refractivity contribution in [3.05, 3.63) is 82.4 Å². The number of ketones is 1. The summed E-state index contributed by atoms with van der Waals surface area (Å²) in [6, 6.07) is 16.5. The van der Waals surface area contributed by atoms with E-state index in [9.17, 15) is 4.79 Å². The first-order valence-corrected chi connectivity index (χ1v) is 9.85. The number of nitrogens with zero attached hydrogens (tertiary/aromatic N) is 2. The zero-order valence-electron chi connectivity index (χ0n) is 16.8. The summed E-state index contributed by atoms with van der Waals surface area (Å²) in [4.78, 5) is 23.1. The maximum atomic E-state index is 13.7. The van der Waals surface area contributed by atoms with Crippen molar-refractivity contribution in [2.24, 2.45) is 0 Å². The fourth-order valence-electron chi connectivity index (χ4n) is 3.69. The summed E-state index contributed by atoms with van der Waals surface area (Å²) >= 11 is 0. The lowest BCUT2D eigenvalue weighted by molar-refractivity contribution is 0.103. The number of pyridine rings is 2. The smallest absolute Gasteiger partial charge is 0.230 e. The standard InChI is InChI=1S/C25H24N2O/c1-5-19-13-17-11-15(3)7-9-21(17)23(26-19)25(28)24-22-10-8-16(4)12-18(22)14-20(6-2)27-24/h7-14H,5-6H2,1-4H3. The summed E-state index contributed by atoms with van der Waals surface area (Å²) in [6.07, 6.45) is 1.57. The van der Waals surface area contributed by atoms with Crippen LogP contribution < -0.4 is 0 Å². The maximum Gasteiger partial charge on any atom is 0.230 e. The van der Waals surface area contributed by atoms with Gasteiger partial charge in [0.2, 0.25) is 5.78 Å². The fourth-order valence-corrected chi connectivity index (χ4v) is 3.69. The zero-order valence-corrected chi connectivity index (χ0v) is 16.8. The molecule has 0 saturated heterocycles. The molecule has 3 nitrogen and oxygen atoms in total. The molecule has 2 heterocycles. The van der Waals surface area contributed by atoms with E-state index in [1.165, 1.54) is 11.1 Å². The number of benzene rings is 2. The summed E-state index contributed by atoms with van der Waals surface area (Å²) in [7, 11) is 0. The van der Waals surface area contributed by atoms with Crippen LogP contribution in [0.2, 0.25) is 0 Å². The Hall–Kier alpha value is -3.07. The average molecular weight is 368 g/mol. The second-order valence-electron chi connectivity index (χ2n) is 7.41. The molecule has 2 aromatic carbocycles. The first-order chi connectivity index (χ1) is 13.5. The van der Waals surface area contributed by atoms with Gasteiger partial charge in [0.25, 0.3) is 0 Å². The van der Waals surface area contributed by atoms with Crippen molar-refractivity contribution >= 4 is 27.3 Å². The summed E-state index contributed by atoms with van der Waals surface area (Å²) in [5.74, 6) is -0.103. The zero-order chi connectivity index (χ0) is 19.8. The second-order valence-corrected chi connectivity index (χ2v) is 7.41. The Morgan fingerprint density at radius 1 is 0.714 bits per heavy atom. The van der Waals surface area contributed by atoms with Crippen molar-refractivity contribution in [1.82, 2.24) is 9.97 Å². The van der Waals surface area contributed by atoms with Crippen LogP contribution in [-0.2, 0) is 12.8 Å². The highest BCUT2D eigenvalue weighted by molar-refractivity contribution is 6.19. The van der Waals surface area contributed by atoms with Crippen molar-refractivity contribution in [3.8, 4) is 0 Å². The third kappa shape index (κ3) is 3.18. The molecule has 0 saturated carbocycles. The van der Waals surface area contributed by atoms with Crippen molar-refractivity contribution in [3.63, 3.8) is 0 Å². The SMILES string of the molecule is CCc1cc2cc(C)ccc2c(C(=O)c2nc(CC)cc3cc(C)ccc23)n1. The predicted molar refractivity (Wildman–Crippen MR) is 115 cm³/mol. The number of aryl methyl sites for hydroxylation is 4. The van der Waals surface area contributed by atoms with Gasteiger partial charge in [-0.05, 0) is 49.6 Å². The van der Waals surface area contributed by atoms with Crippen LogP contribution in [0.25, 0.3) is 21.5 Å². The van der Waals surface area contributed by atoms with E-state index < -0.39 is 0 Å². The molecule has 2 aromatic heterocycles. The molecule has 3 heteroatoms. The monoisotopic (exact) mass is 368 g/mol. The number of carbonyl (C=O) groups is 1. The van der Waals surface area contributed by atoms with Crippen LogP contribution in [0.4, 0.5) is 0 Å². The normalized spacial score (nSPS) is 11.3. The predicted octanol–water partition coefficient (Wildman–Crippen LogP) is 5.76. The molecule has 0 amide bonds. The minimum Gasteiger partial charge on any atom is -0.285 e. The lowest BCUT2D eigenvalue weighted by Crippen LogP contribution is -2.11. The Balaban J connectivity index is 2.00. The Labute approximate surface area is 165 Å². The van der Waals surface area contributed by atoms with E-state index >= 15 is 0 Å². The molecule has 0 aliphatic carbocycles. The molecule has 0 aliphatic rings. The lowest BCUT2D eigenvalue weighted by Gasteiger charge is -2.12. The van der Waals surface area contributed by atoms with E-state index in [1.807, 2.05) is 24.3 Å². The van der Waals surface area contributed by atoms with E-state index in [0.717, 1.165) is 45.8 Å². The molecule has 0 radical (unpaired) electrons. The first kappa shape index (κ1) is 18.3. The van der Waals surface area contributed by atoms with Gasteiger partial charge in [-0.25, -0.2) is 9.97 Å². The number of aromatic nitrogens is 2. The number of hydrogen-bond acceptors (Lipinski definition) is 3. The van der Waals surface area contributed by atoms with Crippen LogP contribution in [0.1, 0.15) is 52.5 Å². The highest BCUT2D eigenvalue weighted by Gasteiger charge is 2.20. The Morgan fingerprint density at radius 2 is 1.14 bits per heavy atom. The van der Waals surface area contributed by atoms with Crippen molar-refractivity contribution in [1.29, 1.82) is 0 Å². The van der Waals surface area contributed by atoms with Crippen molar-refractivity contribution < 1.29 is 4.79 Å². The summed E-state index contributed by atoms with van der Waals surface area (Å²) in [6.45, 7) is 8.25. The molecule has 140 valence electrons. The lowest BCUT2D eigenvalue weighted by atomic mass is 9.98. The van der Waals surface area contributed by atoms with Crippen LogP contribution in [0.5, 0.6) is 0 Å². The first-order valence-electron chi connectivity index (χ1n) is 9.85. The number of fused-ring (bicyclic) bond motifs is 2. The van der Waals surface area contributed by atoms with E-state index in [-0.39, 0.29) is 5.78 Å². The molecule has 0 aliphatic heterocycles. The second kappa shape index (κ2) is 7.16. The highest BCUT2D eigenvalue weighted by Crippen LogP contribution is 2.26. The molecule has 4 rings (SSSR count). The van der Waals surface area contributed by atoms with E-state index in [1.54, 1.807) is 0 Å². The molecule has 0 atom stereocenters. The largest absolute Gasteiger partial charge is 0.285 e. The average Bonchev–Trinajstić information content (AvgIpc) is 2.70. The molecule has 0 bridgehead atoms. The molecule has 28 heavy (non-hydrogen) atoms. The highest BCUT2D eigenvalue weighted by atomic mass is 16.1. The van der Waals surface area contributed by atoms with Crippen LogP contribution in [0.3, 0.4) is 0 Å². The Kier molecular flexibility index (Phi) is 4.68. The van der Waals surface area contributed by atoms with E-state index in [0.29, 0.717) is 11.4 Å². The molecule has 0 unspecified atom stereocenters. The number of carbonyl (C=O) groups excluding carboxylic acids is 1. The van der Waals surface area contributed by atoms with Crippen LogP contribution in [0, 0.1) is 13.8 Å². The molecule has 0 spiro atoms. The maximum absolute atomic E-state index is 13.7. The molecular formula is C25H24N2O. The van der Waals surface area contributed by atoms with Gasteiger partial charge in [0.1, 0.15) is 11.4 Å². The van der Waals surface area contributed by atoms with Crippen molar-refractivity contribution in [2.45, 2.75) is 40.5 Å². The minimum absolute atomic E-state index is 0.103. The van der Waals surface area contributed by atoms with Crippen LogP contribution in [-0.4, -0.2) is 15.8 Å². The fraction of sp³-hybridized carbons (Fsp3) is 0.240. The van der Waals surface area contributed by atoms with Crippen LogP contribution >= 0.6 is 0 Å². The molecule has 4 aromatic rings. The minimum atomic E-state index is -0.103. The van der Waals surface area contributed by atoms with Gasteiger partial charge in [0.05, 0.1) is 0 Å². The van der Waals surface area contributed by atoms with Gasteiger partial charge in [0, 0.05) is 22.2 Å². The molecule has 0 N–H and O–H groups in total. The van der Waals surface area contributed by atoms with Gasteiger partial charge in [-0.1, -0.05) is 61.4 Å². The van der Waals surface area contributed by atoms with Gasteiger partial charge in [0.15, 0.2) is 0 Å². The summed E-state index contributed by atoms with van der Waals surface area (Å²) in [5.41, 5.74) is 5.19. The Morgan fingerprint density at radius 3 is 1.54 bits per heavy atom. The topological polar surface area (TPSA) is 42.9 Å². The van der Waals surface area contributed by atoms with E-state index in [2.05, 4.69) is 52.0 Å². The van der Waals surface area contributed by atoms with Gasteiger partial charge in [-0.2, -0.15) is 0 Å². The Bertz CT molecular complexity index is 1130. The van der Waals surface area contributed by atoms with Gasteiger partial charge in [-0.3, -0.25) is 4.79 Å². The van der Waals surface area contributed by atoms with Gasteiger partial charge < -0.3 is 0 Å².